The Morgan fingerprint density at radius 2 is 1.67 bits per heavy atom. The average molecular weight is 208 g/mol. The van der Waals surface area contributed by atoms with Gasteiger partial charge in [0.1, 0.15) is 0 Å². The van der Waals surface area contributed by atoms with Crippen LogP contribution in [0, 0.1) is 0 Å². The van der Waals surface area contributed by atoms with Crippen LogP contribution < -0.4 is 5.32 Å². The maximum atomic E-state index is 4.61. The number of piperidine rings is 1. The fraction of sp³-hybridized carbons (Fsp3) is 0.769. The molecule has 1 fully saturated rings. The Morgan fingerprint density at radius 1 is 1.13 bits per heavy atom. The van der Waals surface area contributed by atoms with Gasteiger partial charge in [0.2, 0.25) is 0 Å². The molecule has 0 bridgehead atoms. The molecule has 0 atom stereocenters. The SMILES string of the molecule is CC=CC=NC1CC(C)(C)NC(C)(C)C1. The maximum absolute atomic E-state index is 4.61. The van der Waals surface area contributed by atoms with Gasteiger partial charge in [-0.3, -0.25) is 4.99 Å². The van der Waals surface area contributed by atoms with Gasteiger partial charge in [-0.15, -0.1) is 0 Å². The monoisotopic (exact) mass is 208 g/mol. The summed E-state index contributed by atoms with van der Waals surface area (Å²) in [5, 5.41) is 3.66. The second-order valence-electron chi connectivity index (χ2n) is 5.78. The summed E-state index contributed by atoms with van der Waals surface area (Å²) in [6, 6.07) is 0.451. The zero-order valence-corrected chi connectivity index (χ0v) is 10.7. The fourth-order valence-electron chi connectivity index (χ4n) is 2.63. The van der Waals surface area contributed by atoms with Gasteiger partial charge < -0.3 is 5.32 Å². The van der Waals surface area contributed by atoms with Crippen molar-refractivity contribution in [3.05, 3.63) is 12.2 Å². The first-order valence-electron chi connectivity index (χ1n) is 5.78. The van der Waals surface area contributed by atoms with E-state index in [9.17, 15) is 0 Å². The highest BCUT2D eigenvalue weighted by Gasteiger charge is 2.37. The van der Waals surface area contributed by atoms with E-state index in [1.807, 2.05) is 25.3 Å². The molecule has 1 rings (SSSR count). The second-order valence-corrected chi connectivity index (χ2v) is 5.78. The predicted molar refractivity (Wildman–Crippen MR) is 67.6 cm³/mol. The molecule has 0 amide bonds. The predicted octanol–water partition coefficient (Wildman–Crippen LogP) is 2.94. The summed E-state index contributed by atoms with van der Waals surface area (Å²) in [7, 11) is 0. The molecule has 86 valence electrons. The Morgan fingerprint density at radius 3 is 2.13 bits per heavy atom. The fourth-order valence-corrected chi connectivity index (χ4v) is 2.63. The summed E-state index contributed by atoms with van der Waals surface area (Å²) < 4.78 is 0. The lowest BCUT2D eigenvalue weighted by Gasteiger charge is -2.45. The number of hydrogen-bond donors (Lipinski definition) is 1. The molecule has 0 aromatic heterocycles. The topological polar surface area (TPSA) is 24.4 Å². The van der Waals surface area contributed by atoms with Crippen molar-refractivity contribution in [2.24, 2.45) is 4.99 Å². The van der Waals surface area contributed by atoms with Gasteiger partial charge in [0.05, 0.1) is 6.04 Å². The van der Waals surface area contributed by atoms with Crippen molar-refractivity contribution in [2.45, 2.75) is 64.6 Å². The molecule has 0 unspecified atom stereocenters. The smallest absolute Gasteiger partial charge is 0.0534 e. The molecule has 0 aliphatic carbocycles. The van der Waals surface area contributed by atoms with Crippen molar-refractivity contribution in [2.75, 3.05) is 0 Å². The molecule has 0 saturated carbocycles. The molecular weight excluding hydrogens is 184 g/mol. The van der Waals surface area contributed by atoms with Crippen LogP contribution in [0.15, 0.2) is 17.1 Å². The summed E-state index contributed by atoms with van der Waals surface area (Å²) in [4.78, 5) is 4.61. The van der Waals surface area contributed by atoms with E-state index < -0.39 is 0 Å². The van der Waals surface area contributed by atoms with Gasteiger partial charge in [0, 0.05) is 17.3 Å². The second kappa shape index (κ2) is 4.48. The average Bonchev–Trinajstić information content (AvgIpc) is 1.98. The van der Waals surface area contributed by atoms with Crippen molar-refractivity contribution < 1.29 is 0 Å². The Hall–Kier alpha value is -0.630. The molecule has 1 N–H and O–H groups in total. The maximum Gasteiger partial charge on any atom is 0.0534 e. The van der Waals surface area contributed by atoms with Crippen molar-refractivity contribution in [1.29, 1.82) is 0 Å². The Labute approximate surface area is 93.9 Å². The van der Waals surface area contributed by atoms with Gasteiger partial charge in [-0.1, -0.05) is 6.08 Å². The van der Waals surface area contributed by atoms with Gasteiger partial charge >= 0.3 is 0 Å². The first-order chi connectivity index (χ1) is 6.85. The van der Waals surface area contributed by atoms with E-state index in [0.717, 1.165) is 12.8 Å². The summed E-state index contributed by atoms with van der Waals surface area (Å²) in [5.74, 6) is 0. The van der Waals surface area contributed by atoms with Gasteiger partial charge in [-0.05, 0) is 53.5 Å². The molecule has 0 radical (unpaired) electrons. The lowest BCUT2D eigenvalue weighted by Crippen LogP contribution is -2.58. The third-order valence-electron chi connectivity index (χ3n) is 2.74. The standard InChI is InChI=1S/C13H24N2/c1-6-7-8-14-11-9-12(2,3)15-13(4,5)10-11/h6-8,11,15H,9-10H2,1-5H3. The Kier molecular flexibility index (Phi) is 3.72. The molecule has 0 spiro atoms. The van der Waals surface area contributed by atoms with Crippen molar-refractivity contribution in [3.8, 4) is 0 Å². The lowest BCUT2D eigenvalue weighted by atomic mass is 9.80. The number of nitrogens with zero attached hydrogens (tertiary/aromatic N) is 1. The van der Waals surface area contributed by atoms with Crippen molar-refractivity contribution in [1.82, 2.24) is 5.32 Å². The van der Waals surface area contributed by atoms with E-state index in [4.69, 9.17) is 0 Å². The zero-order valence-electron chi connectivity index (χ0n) is 10.7. The molecule has 0 aromatic carbocycles. The largest absolute Gasteiger partial charge is 0.307 e. The van der Waals surface area contributed by atoms with Gasteiger partial charge in [-0.25, -0.2) is 0 Å². The van der Waals surface area contributed by atoms with Gasteiger partial charge in [0.15, 0.2) is 0 Å². The molecule has 1 aliphatic heterocycles. The van der Waals surface area contributed by atoms with Crippen LogP contribution in [0.25, 0.3) is 0 Å². The van der Waals surface area contributed by atoms with E-state index in [1.54, 1.807) is 0 Å². The summed E-state index contributed by atoms with van der Waals surface area (Å²) in [6.07, 6.45) is 8.18. The first kappa shape index (κ1) is 12.4. The molecule has 0 aromatic rings. The number of nitrogens with one attached hydrogen (secondary N) is 1. The Balaban J connectivity index is 2.67. The Bertz CT molecular complexity index is 246. The first-order valence-corrected chi connectivity index (χ1v) is 5.78. The summed E-state index contributed by atoms with van der Waals surface area (Å²) in [5.41, 5.74) is 0.388. The normalized spacial score (nSPS) is 26.5. The minimum absolute atomic E-state index is 0.194. The minimum Gasteiger partial charge on any atom is -0.307 e. The highest BCUT2D eigenvalue weighted by Crippen LogP contribution is 2.30. The van der Waals surface area contributed by atoms with Crippen molar-refractivity contribution in [3.63, 3.8) is 0 Å². The molecule has 1 saturated heterocycles. The van der Waals surface area contributed by atoms with Crippen LogP contribution in [-0.4, -0.2) is 23.3 Å². The van der Waals surface area contributed by atoms with Crippen LogP contribution in [0.1, 0.15) is 47.5 Å². The van der Waals surface area contributed by atoms with E-state index in [2.05, 4.69) is 38.0 Å². The number of aliphatic imine (C=N–C) groups is 1. The van der Waals surface area contributed by atoms with E-state index in [0.29, 0.717) is 6.04 Å². The van der Waals surface area contributed by atoms with E-state index in [-0.39, 0.29) is 11.1 Å². The van der Waals surface area contributed by atoms with Crippen LogP contribution >= 0.6 is 0 Å². The lowest BCUT2D eigenvalue weighted by molar-refractivity contribution is 0.164. The quantitative estimate of drug-likeness (QED) is 0.693. The van der Waals surface area contributed by atoms with Gasteiger partial charge in [-0.2, -0.15) is 0 Å². The van der Waals surface area contributed by atoms with E-state index in [1.165, 1.54) is 0 Å². The zero-order chi connectivity index (χ0) is 11.5. The number of hydrogen-bond acceptors (Lipinski definition) is 2. The van der Waals surface area contributed by atoms with Crippen LogP contribution in [0.4, 0.5) is 0 Å². The molecule has 1 aliphatic rings. The molecule has 2 heteroatoms. The highest BCUT2D eigenvalue weighted by molar-refractivity contribution is 5.71. The number of allylic oxidation sites excluding steroid dienone is 2. The highest BCUT2D eigenvalue weighted by atomic mass is 15.1. The van der Waals surface area contributed by atoms with Crippen molar-refractivity contribution >= 4 is 6.21 Å². The van der Waals surface area contributed by atoms with E-state index >= 15 is 0 Å². The summed E-state index contributed by atoms with van der Waals surface area (Å²) in [6.45, 7) is 11.0. The number of rotatable bonds is 2. The molecule has 15 heavy (non-hydrogen) atoms. The third-order valence-corrected chi connectivity index (χ3v) is 2.74. The van der Waals surface area contributed by atoms with Crippen LogP contribution in [-0.2, 0) is 0 Å². The molecular formula is C13H24N2. The van der Waals surface area contributed by atoms with Gasteiger partial charge in [0.25, 0.3) is 0 Å². The van der Waals surface area contributed by atoms with Crippen LogP contribution in [0.2, 0.25) is 0 Å². The third kappa shape index (κ3) is 4.17. The van der Waals surface area contributed by atoms with Crippen LogP contribution in [0.5, 0.6) is 0 Å². The molecule has 1 heterocycles. The van der Waals surface area contributed by atoms with Crippen LogP contribution in [0.3, 0.4) is 0 Å². The summed E-state index contributed by atoms with van der Waals surface area (Å²) >= 11 is 0. The minimum atomic E-state index is 0.194. The molecule has 2 nitrogen and oxygen atoms in total.